The van der Waals surface area contributed by atoms with E-state index < -0.39 is 0 Å². The van der Waals surface area contributed by atoms with Gasteiger partial charge < -0.3 is 14.4 Å². The molecule has 0 N–H and O–H groups in total. The molecule has 2 aliphatic rings. The number of amides is 2. The summed E-state index contributed by atoms with van der Waals surface area (Å²) in [7, 11) is 0. The van der Waals surface area contributed by atoms with Crippen molar-refractivity contribution in [2.75, 3.05) is 18.0 Å². The van der Waals surface area contributed by atoms with Gasteiger partial charge in [-0.3, -0.25) is 9.59 Å². The van der Waals surface area contributed by atoms with Gasteiger partial charge >= 0.3 is 0 Å². The molecule has 0 saturated carbocycles. The molecule has 3 aromatic rings. The zero-order valence-electron chi connectivity index (χ0n) is 18.2. The largest absolute Gasteiger partial charge is 0.338 e. The van der Waals surface area contributed by atoms with E-state index in [0.29, 0.717) is 18.7 Å². The summed E-state index contributed by atoms with van der Waals surface area (Å²) in [4.78, 5) is 34.5. The minimum Gasteiger partial charge on any atom is -0.338 e. The number of anilines is 1. The van der Waals surface area contributed by atoms with Crippen LogP contribution in [0.25, 0.3) is 11.0 Å². The Morgan fingerprint density at radius 1 is 1.12 bits per heavy atom. The molecule has 2 fully saturated rings. The second-order valence-electron chi connectivity index (χ2n) is 8.86. The Kier molecular flexibility index (Phi) is 5.41. The van der Waals surface area contributed by atoms with Crippen LogP contribution in [0.2, 0.25) is 0 Å². The number of carbonyl (C=O) groups excluding carboxylic acids is 2. The molecular weight excluding hydrogens is 407 g/mol. The lowest BCUT2D eigenvalue weighted by Gasteiger charge is -2.33. The highest BCUT2D eigenvalue weighted by molar-refractivity contribution is 5.96. The van der Waals surface area contributed by atoms with Crippen LogP contribution < -0.4 is 4.90 Å². The lowest BCUT2D eigenvalue weighted by Crippen LogP contribution is -2.43. The van der Waals surface area contributed by atoms with Crippen molar-refractivity contribution in [2.45, 2.75) is 51.1 Å². The van der Waals surface area contributed by atoms with E-state index in [1.165, 1.54) is 12.1 Å². The van der Waals surface area contributed by atoms with Crippen LogP contribution >= 0.6 is 0 Å². The quantitative estimate of drug-likeness (QED) is 0.621. The monoisotopic (exact) mass is 434 g/mol. The molecule has 0 spiro atoms. The average molecular weight is 435 g/mol. The summed E-state index contributed by atoms with van der Waals surface area (Å²) in [5.74, 6) is 0.385. The highest BCUT2D eigenvalue weighted by Gasteiger charge is 2.35. The van der Waals surface area contributed by atoms with E-state index >= 15 is 0 Å². The molecule has 2 aromatic carbocycles. The third-order valence-electron chi connectivity index (χ3n) is 6.73. The Morgan fingerprint density at radius 3 is 2.69 bits per heavy atom. The first-order valence-electron chi connectivity index (χ1n) is 11.3. The van der Waals surface area contributed by atoms with Gasteiger partial charge in [-0.2, -0.15) is 0 Å². The number of hydrogen-bond acceptors (Lipinski definition) is 3. The van der Waals surface area contributed by atoms with E-state index in [1.54, 1.807) is 17.0 Å². The van der Waals surface area contributed by atoms with Crippen molar-refractivity contribution < 1.29 is 14.0 Å². The van der Waals surface area contributed by atoms with Gasteiger partial charge in [0.1, 0.15) is 18.2 Å². The fourth-order valence-corrected chi connectivity index (χ4v) is 5.02. The zero-order valence-corrected chi connectivity index (χ0v) is 18.2. The Balaban J connectivity index is 1.46. The van der Waals surface area contributed by atoms with Gasteiger partial charge in [0.2, 0.25) is 11.8 Å². The summed E-state index contributed by atoms with van der Waals surface area (Å²) in [5, 5.41) is 0. The second-order valence-corrected chi connectivity index (χ2v) is 8.86. The highest BCUT2D eigenvalue weighted by atomic mass is 19.1. The number of para-hydroxylation sites is 2. The molecule has 2 amide bonds. The van der Waals surface area contributed by atoms with Gasteiger partial charge in [-0.1, -0.05) is 12.1 Å². The maximum Gasteiger partial charge on any atom is 0.242 e. The van der Waals surface area contributed by atoms with Crippen LogP contribution in [0, 0.1) is 5.82 Å². The molecule has 7 heteroatoms. The summed E-state index contributed by atoms with van der Waals surface area (Å²) < 4.78 is 15.3. The van der Waals surface area contributed by atoms with Crippen LogP contribution in [0.3, 0.4) is 0 Å². The van der Waals surface area contributed by atoms with Crippen LogP contribution in [-0.4, -0.2) is 45.4 Å². The minimum atomic E-state index is -0.329. The number of nitrogens with zero attached hydrogens (tertiary/aromatic N) is 4. The standard InChI is InChI=1S/C25H27FN4O2/c1-17-6-4-5-13-28(17)24(32)16-30-22-8-3-2-7-21(22)27-25(30)18-14-23(31)29(15-18)20-11-9-19(26)10-12-20/h2-3,7-12,17-18H,4-6,13-16H2,1H3. The first kappa shape index (κ1) is 20.7. The number of halogens is 1. The molecule has 5 rings (SSSR count). The molecule has 32 heavy (non-hydrogen) atoms. The maximum atomic E-state index is 13.3. The molecule has 0 bridgehead atoms. The first-order chi connectivity index (χ1) is 15.5. The first-order valence-corrected chi connectivity index (χ1v) is 11.3. The van der Waals surface area contributed by atoms with Crippen LogP contribution in [0.4, 0.5) is 10.1 Å². The Hall–Kier alpha value is -3.22. The van der Waals surface area contributed by atoms with E-state index in [-0.39, 0.29) is 36.1 Å². The fourth-order valence-electron chi connectivity index (χ4n) is 5.02. The molecule has 0 aliphatic carbocycles. The molecule has 166 valence electrons. The van der Waals surface area contributed by atoms with Gasteiger partial charge in [-0.25, -0.2) is 9.37 Å². The SMILES string of the molecule is CC1CCCCN1C(=O)Cn1c(C2CC(=O)N(c3ccc(F)cc3)C2)nc2ccccc21. The van der Waals surface area contributed by atoms with Crippen molar-refractivity contribution in [1.29, 1.82) is 0 Å². The number of aromatic nitrogens is 2. The molecule has 2 unspecified atom stereocenters. The Labute approximate surface area is 186 Å². The smallest absolute Gasteiger partial charge is 0.242 e. The molecular formula is C25H27FN4O2. The number of rotatable bonds is 4. The predicted molar refractivity (Wildman–Crippen MR) is 121 cm³/mol. The summed E-state index contributed by atoms with van der Waals surface area (Å²) in [6, 6.07) is 14.0. The van der Waals surface area contributed by atoms with Gasteiger partial charge in [-0.15, -0.1) is 0 Å². The lowest BCUT2D eigenvalue weighted by atomic mass is 10.0. The van der Waals surface area contributed by atoms with Crippen molar-refractivity contribution in [3.63, 3.8) is 0 Å². The molecule has 6 nitrogen and oxygen atoms in total. The number of fused-ring (bicyclic) bond motifs is 1. The van der Waals surface area contributed by atoms with Crippen molar-refractivity contribution in [3.8, 4) is 0 Å². The number of hydrogen-bond donors (Lipinski definition) is 0. The minimum absolute atomic E-state index is 0.0174. The molecule has 2 atom stereocenters. The summed E-state index contributed by atoms with van der Waals surface area (Å²) in [6.45, 7) is 3.59. The van der Waals surface area contributed by atoms with Crippen molar-refractivity contribution >= 4 is 28.5 Å². The van der Waals surface area contributed by atoms with E-state index in [2.05, 4.69) is 6.92 Å². The number of imidazole rings is 1. The normalized spacial score (nSPS) is 21.5. The molecule has 0 radical (unpaired) electrons. The van der Waals surface area contributed by atoms with E-state index in [1.807, 2.05) is 33.7 Å². The topological polar surface area (TPSA) is 58.4 Å². The van der Waals surface area contributed by atoms with E-state index in [4.69, 9.17) is 4.98 Å². The maximum absolute atomic E-state index is 13.3. The molecule has 1 aromatic heterocycles. The molecule has 3 heterocycles. The predicted octanol–water partition coefficient (Wildman–Crippen LogP) is 4.10. The van der Waals surface area contributed by atoms with Crippen LogP contribution in [0.1, 0.15) is 44.3 Å². The third-order valence-corrected chi connectivity index (χ3v) is 6.73. The summed E-state index contributed by atoms with van der Waals surface area (Å²) in [6.07, 6.45) is 3.55. The van der Waals surface area contributed by atoms with E-state index in [0.717, 1.165) is 42.7 Å². The van der Waals surface area contributed by atoms with Crippen LogP contribution in [0.15, 0.2) is 48.5 Å². The zero-order chi connectivity index (χ0) is 22.2. The summed E-state index contributed by atoms with van der Waals surface area (Å²) in [5.41, 5.74) is 2.42. The Bertz CT molecular complexity index is 1160. The number of likely N-dealkylation sites (tertiary alicyclic amines) is 1. The number of piperidine rings is 1. The van der Waals surface area contributed by atoms with Crippen LogP contribution in [-0.2, 0) is 16.1 Å². The van der Waals surface area contributed by atoms with Gasteiger partial charge in [0.05, 0.1) is 11.0 Å². The van der Waals surface area contributed by atoms with Gasteiger partial charge in [0, 0.05) is 37.2 Å². The van der Waals surface area contributed by atoms with Gasteiger partial charge in [-0.05, 0) is 62.6 Å². The average Bonchev–Trinajstić information content (AvgIpc) is 3.35. The Morgan fingerprint density at radius 2 is 1.91 bits per heavy atom. The highest BCUT2D eigenvalue weighted by Crippen LogP contribution is 2.33. The van der Waals surface area contributed by atoms with Crippen molar-refractivity contribution in [1.82, 2.24) is 14.5 Å². The molecule has 2 saturated heterocycles. The van der Waals surface area contributed by atoms with Crippen molar-refractivity contribution in [3.05, 3.63) is 60.2 Å². The molecule has 2 aliphatic heterocycles. The number of benzene rings is 2. The van der Waals surface area contributed by atoms with Crippen molar-refractivity contribution in [2.24, 2.45) is 0 Å². The second kappa shape index (κ2) is 8.37. The van der Waals surface area contributed by atoms with Crippen LogP contribution in [0.5, 0.6) is 0 Å². The third kappa shape index (κ3) is 3.76. The van der Waals surface area contributed by atoms with E-state index in [9.17, 15) is 14.0 Å². The number of carbonyl (C=O) groups is 2. The fraction of sp³-hybridized carbons (Fsp3) is 0.400. The lowest BCUT2D eigenvalue weighted by molar-refractivity contribution is -0.135. The van der Waals surface area contributed by atoms with Gasteiger partial charge in [0.15, 0.2) is 0 Å². The van der Waals surface area contributed by atoms with Gasteiger partial charge in [0.25, 0.3) is 0 Å². The summed E-state index contributed by atoms with van der Waals surface area (Å²) >= 11 is 0.